The third-order valence-electron chi connectivity index (χ3n) is 2.50. The van der Waals surface area contributed by atoms with E-state index in [0.29, 0.717) is 27.1 Å². The first-order valence-corrected chi connectivity index (χ1v) is 6.40. The second-order valence-corrected chi connectivity index (χ2v) is 4.67. The molecule has 0 fully saturated rings. The number of hydrogen-bond donors (Lipinski definition) is 2. The van der Waals surface area contributed by atoms with Gasteiger partial charge in [0.2, 0.25) is 0 Å². The maximum atomic E-state index is 11.3. The molecule has 5 nitrogen and oxygen atoms in total. The lowest BCUT2D eigenvalue weighted by atomic mass is 10.2. The fraction of sp³-hybridized carbons (Fsp3) is 0.0769. The van der Waals surface area contributed by atoms with Crippen molar-refractivity contribution in [1.82, 2.24) is 10.4 Å². The number of ether oxygens (including phenoxy) is 1. The zero-order valence-electron chi connectivity index (χ0n) is 10.3. The van der Waals surface area contributed by atoms with Gasteiger partial charge in [-0.1, -0.05) is 29.3 Å². The summed E-state index contributed by atoms with van der Waals surface area (Å²) in [6.07, 6.45) is 1.41. The highest BCUT2D eigenvalue weighted by Crippen LogP contribution is 2.32. The van der Waals surface area contributed by atoms with Crippen molar-refractivity contribution in [2.75, 3.05) is 0 Å². The fourth-order valence-electron chi connectivity index (χ4n) is 1.49. The molecule has 20 heavy (non-hydrogen) atoms. The lowest BCUT2D eigenvalue weighted by molar-refractivity contribution is 0.0953. The van der Waals surface area contributed by atoms with Crippen LogP contribution in [0, 0.1) is 0 Å². The van der Waals surface area contributed by atoms with Crippen LogP contribution in [0.3, 0.4) is 0 Å². The third-order valence-corrected chi connectivity index (χ3v) is 3.10. The van der Waals surface area contributed by atoms with Crippen LogP contribution in [-0.4, -0.2) is 10.9 Å². The number of nitrogen functional groups attached to an aromatic ring is 1. The number of carbonyl (C=O) groups is 1. The zero-order valence-corrected chi connectivity index (χ0v) is 11.8. The van der Waals surface area contributed by atoms with Crippen LogP contribution in [0.2, 0.25) is 10.0 Å². The summed E-state index contributed by atoms with van der Waals surface area (Å²) in [6, 6.07) is 8.36. The maximum Gasteiger partial charge on any atom is 0.266 e. The lowest BCUT2D eigenvalue weighted by Crippen LogP contribution is -2.30. The number of nitrogens with one attached hydrogen (secondary N) is 1. The average molecular weight is 312 g/mol. The Hall–Kier alpha value is -1.82. The molecular formula is C13H11Cl2N3O2. The summed E-state index contributed by atoms with van der Waals surface area (Å²) in [4.78, 5) is 15.3. The van der Waals surface area contributed by atoms with Gasteiger partial charge in [0.15, 0.2) is 5.75 Å². The Kier molecular flexibility index (Phi) is 4.79. The molecule has 0 spiro atoms. The van der Waals surface area contributed by atoms with Crippen molar-refractivity contribution in [2.45, 2.75) is 6.61 Å². The van der Waals surface area contributed by atoms with E-state index in [4.69, 9.17) is 33.8 Å². The van der Waals surface area contributed by atoms with E-state index in [1.165, 1.54) is 6.20 Å². The first-order chi connectivity index (χ1) is 9.61. The smallest absolute Gasteiger partial charge is 0.266 e. The lowest BCUT2D eigenvalue weighted by Gasteiger charge is -2.09. The Labute approximate surface area is 125 Å². The number of halogens is 2. The minimum absolute atomic E-state index is 0.188. The van der Waals surface area contributed by atoms with Crippen LogP contribution < -0.4 is 16.0 Å². The Balaban J connectivity index is 2.06. The van der Waals surface area contributed by atoms with Crippen molar-refractivity contribution in [1.29, 1.82) is 0 Å². The van der Waals surface area contributed by atoms with Gasteiger partial charge in [-0.2, -0.15) is 0 Å². The molecular weight excluding hydrogens is 301 g/mol. The maximum absolute atomic E-state index is 11.3. The van der Waals surface area contributed by atoms with Crippen LogP contribution in [0.5, 0.6) is 5.75 Å². The van der Waals surface area contributed by atoms with Crippen molar-refractivity contribution in [3.05, 3.63) is 57.8 Å². The summed E-state index contributed by atoms with van der Waals surface area (Å²) in [5, 5.41) is 0.855. The van der Waals surface area contributed by atoms with Gasteiger partial charge in [0, 0.05) is 6.20 Å². The van der Waals surface area contributed by atoms with Crippen LogP contribution in [0.15, 0.2) is 36.5 Å². The number of amides is 1. The summed E-state index contributed by atoms with van der Waals surface area (Å²) in [5.41, 5.74) is 3.03. The number of pyridine rings is 1. The summed E-state index contributed by atoms with van der Waals surface area (Å²) in [6.45, 7) is 0.188. The van der Waals surface area contributed by atoms with E-state index in [2.05, 4.69) is 4.98 Å². The predicted molar refractivity (Wildman–Crippen MR) is 76.7 cm³/mol. The number of para-hydroxylation sites is 1. The Bertz CT molecular complexity index is 597. The molecule has 1 aromatic carbocycles. The van der Waals surface area contributed by atoms with Crippen LogP contribution in [0.4, 0.5) is 0 Å². The second kappa shape index (κ2) is 6.56. The molecule has 0 aliphatic carbocycles. The van der Waals surface area contributed by atoms with Crippen LogP contribution >= 0.6 is 23.2 Å². The number of nitrogens with two attached hydrogens (primary N) is 1. The molecule has 104 valence electrons. The summed E-state index contributed by atoms with van der Waals surface area (Å²) in [7, 11) is 0. The minimum Gasteiger partial charge on any atom is -0.484 e. The molecule has 0 bridgehead atoms. The second-order valence-electron chi connectivity index (χ2n) is 3.85. The number of benzene rings is 1. The van der Waals surface area contributed by atoms with E-state index in [9.17, 15) is 4.79 Å². The molecule has 1 aromatic heterocycles. The van der Waals surface area contributed by atoms with Crippen LogP contribution in [0.25, 0.3) is 0 Å². The van der Waals surface area contributed by atoms with Crippen molar-refractivity contribution < 1.29 is 9.53 Å². The number of carbonyl (C=O) groups excluding carboxylic acids is 1. The quantitative estimate of drug-likeness (QED) is 0.517. The monoisotopic (exact) mass is 311 g/mol. The first kappa shape index (κ1) is 14.6. The Morgan fingerprint density at radius 2 is 1.95 bits per heavy atom. The molecule has 1 heterocycles. The van der Waals surface area contributed by atoms with Gasteiger partial charge in [-0.05, 0) is 24.3 Å². The number of rotatable bonds is 4. The molecule has 0 aliphatic heterocycles. The van der Waals surface area contributed by atoms with Crippen molar-refractivity contribution in [3.63, 3.8) is 0 Å². The minimum atomic E-state index is -0.404. The van der Waals surface area contributed by atoms with Gasteiger partial charge in [-0.3, -0.25) is 15.2 Å². The standard InChI is InChI=1S/C13H11Cl2N3O2/c14-10-2-1-3-11(15)12(10)20-7-9-5-4-8(6-17-9)13(19)18-16/h1-6H,7,16H2,(H,18,19). The molecule has 2 rings (SSSR count). The molecule has 0 saturated carbocycles. The number of hydrazine groups is 1. The summed E-state index contributed by atoms with van der Waals surface area (Å²) in [5.74, 6) is 5.03. The highest BCUT2D eigenvalue weighted by Gasteiger charge is 2.08. The number of nitrogens with zero attached hydrogens (tertiary/aromatic N) is 1. The Morgan fingerprint density at radius 1 is 1.25 bits per heavy atom. The van der Waals surface area contributed by atoms with Gasteiger partial charge in [0.1, 0.15) is 6.61 Å². The summed E-state index contributed by atoms with van der Waals surface area (Å²) >= 11 is 12.0. The van der Waals surface area contributed by atoms with Crippen molar-refractivity contribution >= 4 is 29.1 Å². The van der Waals surface area contributed by atoms with E-state index in [0.717, 1.165) is 0 Å². The van der Waals surface area contributed by atoms with E-state index < -0.39 is 5.91 Å². The summed E-state index contributed by atoms with van der Waals surface area (Å²) < 4.78 is 5.53. The topological polar surface area (TPSA) is 77.2 Å². The number of aromatic nitrogens is 1. The molecule has 3 N–H and O–H groups in total. The molecule has 0 unspecified atom stereocenters. The molecule has 1 amide bonds. The van der Waals surface area contributed by atoms with E-state index in [1.54, 1.807) is 30.3 Å². The predicted octanol–water partition coefficient (Wildman–Crippen LogP) is 2.57. The van der Waals surface area contributed by atoms with Gasteiger partial charge in [0.05, 0.1) is 21.3 Å². The molecule has 0 aliphatic rings. The SMILES string of the molecule is NNC(=O)c1ccc(COc2c(Cl)cccc2Cl)nc1. The first-order valence-electron chi connectivity index (χ1n) is 5.64. The highest BCUT2D eigenvalue weighted by molar-refractivity contribution is 6.37. The van der Waals surface area contributed by atoms with Gasteiger partial charge in [-0.15, -0.1) is 0 Å². The van der Waals surface area contributed by atoms with Gasteiger partial charge >= 0.3 is 0 Å². The van der Waals surface area contributed by atoms with E-state index in [-0.39, 0.29) is 6.61 Å². The van der Waals surface area contributed by atoms with Crippen LogP contribution in [-0.2, 0) is 6.61 Å². The largest absolute Gasteiger partial charge is 0.484 e. The molecule has 0 saturated heterocycles. The zero-order chi connectivity index (χ0) is 14.5. The van der Waals surface area contributed by atoms with Gasteiger partial charge in [-0.25, -0.2) is 5.84 Å². The van der Waals surface area contributed by atoms with Gasteiger partial charge < -0.3 is 4.74 Å². The van der Waals surface area contributed by atoms with Crippen LogP contribution in [0.1, 0.15) is 16.1 Å². The average Bonchev–Trinajstić information content (AvgIpc) is 2.46. The normalized spacial score (nSPS) is 10.2. The third kappa shape index (κ3) is 3.39. The molecule has 2 aromatic rings. The van der Waals surface area contributed by atoms with Crippen molar-refractivity contribution in [3.8, 4) is 5.75 Å². The fourth-order valence-corrected chi connectivity index (χ4v) is 2.00. The Morgan fingerprint density at radius 3 is 2.50 bits per heavy atom. The van der Waals surface area contributed by atoms with E-state index in [1.807, 2.05) is 5.43 Å². The molecule has 0 atom stereocenters. The number of hydrogen-bond acceptors (Lipinski definition) is 4. The van der Waals surface area contributed by atoms with Crippen molar-refractivity contribution in [2.24, 2.45) is 5.84 Å². The van der Waals surface area contributed by atoms with Gasteiger partial charge in [0.25, 0.3) is 5.91 Å². The molecule has 0 radical (unpaired) electrons. The molecule has 7 heteroatoms. The van der Waals surface area contributed by atoms with E-state index >= 15 is 0 Å². The highest BCUT2D eigenvalue weighted by atomic mass is 35.5.